The molecule has 3 heteroatoms. The lowest BCUT2D eigenvalue weighted by Gasteiger charge is -2.03. The molecule has 2 nitrogen and oxygen atoms in total. The molecule has 0 atom stereocenters. The molecule has 0 radical (unpaired) electrons. The lowest BCUT2D eigenvalue weighted by Crippen LogP contribution is -2.14. The van der Waals surface area contributed by atoms with E-state index in [0.29, 0.717) is 0 Å². The fraction of sp³-hybridized carbons (Fsp3) is 0.667. The Hall–Kier alpha value is -0.410. The number of aromatic nitrogens is 1. The Morgan fingerprint density at radius 1 is 1.27 bits per heavy atom. The van der Waals surface area contributed by atoms with Crippen LogP contribution in [0.15, 0.2) is 18.3 Å². The van der Waals surface area contributed by atoms with Crippen LogP contribution >= 0.6 is 11.8 Å². The molecule has 0 fully saturated rings. The average Bonchev–Trinajstić information content (AvgIpc) is 2.75. The fourth-order valence-electron chi connectivity index (χ4n) is 1.55. The minimum atomic E-state index is 0.970. The molecule has 2 N–H and O–H groups in total. The zero-order chi connectivity index (χ0) is 10.8. The van der Waals surface area contributed by atoms with E-state index in [1.54, 1.807) is 0 Å². The summed E-state index contributed by atoms with van der Waals surface area (Å²) in [5.74, 6) is 1.32. The van der Waals surface area contributed by atoms with Crippen molar-refractivity contribution in [3.05, 3.63) is 24.0 Å². The van der Waals surface area contributed by atoms with Gasteiger partial charge in [-0.2, -0.15) is 11.8 Å². The van der Waals surface area contributed by atoms with Gasteiger partial charge in [-0.15, -0.1) is 0 Å². The molecule has 0 amide bonds. The Labute approximate surface area is 97.2 Å². The monoisotopic (exact) mass is 226 g/mol. The summed E-state index contributed by atoms with van der Waals surface area (Å²) in [5, 5.41) is 3.44. The van der Waals surface area contributed by atoms with Gasteiger partial charge in [0.1, 0.15) is 0 Å². The number of hydrogen-bond acceptors (Lipinski definition) is 2. The quantitative estimate of drug-likeness (QED) is 0.633. The van der Waals surface area contributed by atoms with E-state index in [-0.39, 0.29) is 0 Å². The maximum absolute atomic E-state index is 3.44. The van der Waals surface area contributed by atoms with Gasteiger partial charge in [-0.1, -0.05) is 12.8 Å². The summed E-state index contributed by atoms with van der Waals surface area (Å²) in [6.45, 7) is 2.11. The van der Waals surface area contributed by atoms with Gasteiger partial charge in [-0.3, -0.25) is 0 Å². The van der Waals surface area contributed by atoms with Crippen molar-refractivity contribution in [1.82, 2.24) is 10.3 Å². The summed E-state index contributed by atoms with van der Waals surface area (Å²) in [4.78, 5) is 3.19. The predicted molar refractivity (Wildman–Crippen MR) is 69.3 cm³/mol. The van der Waals surface area contributed by atoms with E-state index in [2.05, 4.69) is 22.6 Å². The van der Waals surface area contributed by atoms with E-state index in [0.717, 1.165) is 13.1 Å². The van der Waals surface area contributed by atoms with Crippen LogP contribution in [0.2, 0.25) is 0 Å². The molecule has 86 valence electrons. The van der Waals surface area contributed by atoms with Crippen LogP contribution in [0.5, 0.6) is 0 Å². The van der Waals surface area contributed by atoms with E-state index < -0.39 is 0 Å². The molecule has 15 heavy (non-hydrogen) atoms. The fourth-order valence-corrected chi connectivity index (χ4v) is 2.04. The standard InChI is InChI=1S/C12H22N2S/c1-15-10-5-3-2-4-8-13-11-12-7-6-9-14-12/h6-7,9,13-14H,2-5,8,10-11H2,1H3. The highest BCUT2D eigenvalue weighted by molar-refractivity contribution is 7.98. The Morgan fingerprint density at radius 3 is 2.87 bits per heavy atom. The van der Waals surface area contributed by atoms with Crippen molar-refractivity contribution >= 4 is 11.8 Å². The topological polar surface area (TPSA) is 27.8 Å². The third kappa shape index (κ3) is 6.63. The van der Waals surface area contributed by atoms with E-state index in [1.807, 2.05) is 24.0 Å². The van der Waals surface area contributed by atoms with Gasteiger partial charge in [-0.05, 0) is 43.5 Å². The summed E-state index contributed by atoms with van der Waals surface area (Å²) in [6.07, 6.45) is 9.56. The van der Waals surface area contributed by atoms with E-state index in [1.165, 1.54) is 37.1 Å². The molecule has 0 aliphatic carbocycles. The summed E-state index contributed by atoms with van der Waals surface area (Å²) in [6, 6.07) is 4.16. The van der Waals surface area contributed by atoms with Crippen LogP contribution < -0.4 is 5.32 Å². The zero-order valence-electron chi connectivity index (χ0n) is 9.59. The Bertz CT molecular complexity index is 222. The molecule has 0 unspecified atom stereocenters. The Kier molecular flexibility index (Phi) is 7.48. The summed E-state index contributed by atoms with van der Waals surface area (Å²) < 4.78 is 0. The van der Waals surface area contributed by atoms with Gasteiger partial charge in [-0.25, -0.2) is 0 Å². The van der Waals surface area contributed by atoms with Crippen molar-refractivity contribution in [2.24, 2.45) is 0 Å². The largest absolute Gasteiger partial charge is 0.364 e. The molecular formula is C12H22N2S. The molecule has 0 saturated carbocycles. The van der Waals surface area contributed by atoms with Gasteiger partial charge in [0.2, 0.25) is 0 Å². The van der Waals surface area contributed by atoms with E-state index in [4.69, 9.17) is 0 Å². The molecule has 0 spiro atoms. The van der Waals surface area contributed by atoms with Crippen molar-refractivity contribution in [2.75, 3.05) is 18.6 Å². The Balaban J connectivity index is 1.81. The van der Waals surface area contributed by atoms with Crippen LogP contribution in [0.25, 0.3) is 0 Å². The average molecular weight is 226 g/mol. The van der Waals surface area contributed by atoms with Crippen molar-refractivity contribution in [1.29, 1.82) is 0 Å². The van der Waals surface area contributed by atoms with Crippen LogP contribution in [0.4, 0.5) is 0 Å². The number of rotatable bonds is 9. The van der Waals surface area contributed by atoms with E-state index in [9.17, 15) is 0 Å². The lowest BCUT2D eigenvalue weighted by atomic mass is 10.2. The number of thioether (sulfide) groups is 1. The second-order valence-electron chi connectivity index (χ2n) is 3.78. The SMILES string of the molecule is CSCCCCCCNCc1ccc[nH]1. The second-order valence-corrected chi connectivity index (χ2v) is 4.76. The first-order valence-corrected chi connectivity index (χ1v) is 7.15. The molecule has 1 rings (SSSR count). The van der Waals surface area contributed by atoms with Gasteiger partial charge in [0, 0.05) is 18.4 Å². The van der Waals surface area contributed by atoms with Gasteiger partial charge in [0.15, 0.2) is 0 Å². The molecule has 0 bridgehead atoms. The van der Waals surface area contributed by atoms with Crippen molar-refractivity contribution < 1.29 is 0 Å². The van der Waals surface area contributed by atoms with Gasteiger partial charge < -0.3 is 10.3 Å². The normalized spacial score (nSPS) is 10.7. The van der Waals surface area contributed by atoms with Crippen LogP contribution in [0, 0.1) is 0 Å². The van der Waals surface area contributed by atoms with Crippen molar-refractivity contribution in [3.63, 3.8) is 0 Å². The first kappa shape index (κ1) is 12.7. The van der Waals surface area contributed by atoms with Crippen molar-refractivity contribution in [2.45, 2.75) is 32.2 Å². The maximum Gasteiger partial charge on any atom is 0.0357 e. The highest BCUT2D eigenvalue weighted by atomic mass is 32.2. The summed E-state index contributed by atoms with van der Waals surface area (Å²) in [7, 11) is 0. The third-order valence-corrected chi connectivity index (χ3v) is 3.13. The maximum atomic E-state index is 3.44. The minimum Gasteiger partial charge on any atom is -0.364 e. The van der Waals surface area contributed by atoms with Gasteiger partial charge in [0.25, 0.3) is 0 Å². The zero-order valence-corrected chi connectivity index (χ0v) is 10.4. The number of hydrogen-bond donors (Lipinski definition) is 2. The third-order valence-electron chi connectivity index (χ3n) is 2.43. The molecule has 1 heterocycles. The number of nitrogens with one attached hydrogen (secondary N) is 2. The summed E-state index contributed by atoms with van der Waals surface area (Å²) in [5.41, 5.74) is 1.28. The smallest absolute Gasteiger partial charge is 0.0357 e. The van der Waals surface area contributed by atoms with Crippen molar-refractivity contribution in [3.8, 4) is 0 Å². The number of aromatic amines is 1. The molecule has 0 aromatic carbocycles. The first-order chi connectivity index (χ1) is 7.43. The molecule has 1 aromatic heterocycles. The first-order valence-electron chi connectivity index (χ1n) is 5.75. The second kappa shape index (κ2) is 8.86. The number of unbranched alkanes of at least 4 members (excludes halogenated alkanes) is 3. The van der Waals surface area contributed by atoms with Crippen LogP contribution in [-0.4, -0.2) is 23.5 Å². The molecule has 0 saturated heterocycles. The predicted octanol–water partition coefficient (Wildman–Crippen LogP) is 3.03. The highest BCUT2D eigenvalue weighted by Gasteiger charge is 1.92. The van der Waals surface area contributed by atoms with Crippen LogP contribution in [0.3, 0.4) is 0 Å². The molecule has 1 aromatic rings. The minimum absolute atomic E-state index is 0.970. The Morgan fingerprint density at radius 2 is 2.13 bits per heavy atom. The van der Waals surface area contributed by atoms with Crippen LogP contribution in [0.1, 0.15) is 31.4 Å². The van der Waals surface area contributed by atoms with Gasteiger partial charge >= 0.3 is 0 Å². The van der Waals surface area contributed by atoms with E-state index >= 15 is 0 Å². The molecule has 0 aliphatic rings. The molecule has 0 aliphatic heterocycles. The molecular weight excluding hydrogens is 204 g/mol. The van der Waals surface area contributed by atoms with Gasteiger partial charge in [0.05, 0.1) is 0 Å². The highest BCUT2D eigenvalue weighted by Crippen LogP contribution is 2.04. The number of H-pyrrole nitrogens is 1. The summed E-state index contributed by atoms with van der Waals surface area (Å²) >= 11 is 1.95. The van der Waals surface area contributed by atoms with Crippen LogP contribution in [-0.2, 0) is 6.54 Å². The lowest BCUT2D eigenvalue weighted by molar-refractivity contribution is 0.596.